The molecule has 0 fully saturated rings. The Balaban J connectivity index is 1.48. The van der Waals surface area contributed by atoms with E-state index in [1.165, 1.54) is 11.8 Å². The predicted octanol–water partition coefficient (Wildman–Crippen LogP) is 4.26. The van der Waals surface area contributed by atoms with Crippen LogP contribution in [0.2, 0.25) is 5.02 Å². The van der Waals surface area contributed by atoms with Crippen molar-refractivity contribution < 1.29 is 4.79 Å². The smallest absolute Gasteiger partial charge is 0.230 e. The second-order valence-corrected chi connectivity index (χ2v) is 8.36. The van der Waals surface area contributed by atoms with Gasteiger partial charge in [0.1, 0.15) is 5.82 Å². The Labute approximate surface area is 190 Å². The van der Waals surface area contributed by atoms with Gasteiger partial charge in [0.2, 0.25) is 5.91 Å². The highest BCUT2D eigenvalue weighted by Crippen LogP contribution is 2.23. The summed E-state index contributed by atoms with van der Waals surface area (Å²) in [5.41, 5.74) is 2.99. The molecule has 1 N–H and O–H groups in total. The molecule has 0 saturated heterocycles. The number of aromatic nitrogens is 4. The SMILES string of the molecule is Cn1cccc1Cc1nnc(SCC(=O)NCc2ccccc2Cl)n1-c1ccccc1. The number of nitrogens with zero attached hydrogens (tertiary/aromatic N) is 4. The van der Waals surface area contributed by atoms with Crippen molar-refractivity contribution in [3.8, 4) is 5.69 Å². The van der Waals surface area contributed by atoms with E-state index in [9.17, 15) is 4.79 Å². The Bertz CT molecular complexity index is 1170. The van der Waals surface area contributed by atoms with Crippen LogP contribution in [0.1, 0.15) is 17.1 Å². The van der Waals surface area contributed by atoms with Crippen LogP contribution in [0.15, 0.2) is 78.1 Å². The van der Waals surface area contributed by atoms with E-state index in [1.54, 1.807) is 0 Å². The fraction of sp³-hybridized carbons (Fsp3) is 0.174. The Hall–Kier alpha value is -3.03. The lowest BCUT2D eigenvalue weighted by atomic mass is 10.2. The first-order valence-corrected chi connectivity index (χ1v) is 11.2. The van der Waals surface area contributed by atoms with Crippen molar-refractivity contribution in [2.24, 2.45) is 7.05 Å². The average Bonchev–Trinajstić information content (AvgIpc) is 3.38. The van der Waals surface area contributed by atoms with E-state index < -0.39 is 0 Å². The minimum Gasteiger partial charge on any atom is -0.354 e. The molecule has 0 saturated carbocycles. The standard InChI is InChI=1S/C23H22ClN5OS/c1-28-13-7-11-19(28)14-21-26-27-23(29(21)18-9-3-2-4-10-18)31-16-22(30)25-15-17-8-5-6-12-20(17)24/h2-13H,14-16H2,1H3,(H,25,30). The summed E-state index contributed by atoms with van der Waals surface area (Å²) in [4.78, 5) is 12.4. The Morgan fingerprint density at radius 2 is 1.81 bits per heavy atom. The highest BCUT2D eigenvalue weighted by Gasteiger charge is 2.17. The third-order valence-corrected chi connectivity index (χ3v) is 6.17. The fourth-order valence-electron chi connectivity index (χ4n) is 3.20. The molecule has 2 aromatic carbocycles. The predicted molar refractivity (Wildman–Crippen MR) is 124 cm³/mol. The van der Waals surface area contributed by atoms with Gasteiger partial charge in [0.25, 0.3) is 0 Å². The molecule has 0 spiro atoms. The van der Waals surface area contributed by atoms with E-state index in [0.29, 0.717) is 23.1 Å². The van der Waals surface area contributed by atoms with Gasteiger partial charge in [0.15, 0.2) is 5.16 Å². The second kappa shape index (κ2) is 9.85. The molecule has 8 heteroatoms. The number of hydrogen-bond acceptors (Lipinski definition) is 4. The van der Waals surface area contributed by atoms with Crippen LogP contribution < -0.4 is 5.32 Å². The molecular formula is C23H22ClN5OS. The lowest BCUT2D eigenvalue weighted by Crippen LogP contribution is -2.24. The van der Waals surface area contributed by atoms with Crippen molar-refractivity contribution in [2.75, 3.05) is 5.75 Å². The molecule has 2 aromatic heterocycles. The van der Waals surface area contributed by atoms with Crippen LogP contribution >= 0.6 is 23.4 Å². The molecule has 0 atom stereocenters. The van der Waals surface area contributed by atoms with Gasteiger partial charge in [-0.2, -0.15) is 0 Å². The number of hydrogen-bond donors (Lipinski definition) is 1. The van der Waals surface area contributed by atoms with E-state index in [-0.39, 0.29) is 11.7 Å². The molecule has 4 rings (SSSR count). The number of thioether (sulfide) groups is 1. The van der Waals surface area contributed by atoms with E-state index in [2.05, 4.69) is 26.1 Å². The van der Waals surface area contributed by atoms with Crippen molar-refractivity contribution in [1.29, 1.82) is 0 Å². The minimum atomic E-state index is -0.0866. The number of benzene rings is 2. The van der Waals surface area contributed by atoms with Gasteiger partial charge in [-0.1, -0.05) is 59.8 Å². The highest BCUT2D eigenvalue weighted by atomic mass is 35.5. The quantitative estimate of drug-likeness (QED) is 0.406. The molecule has 31 heavy (non-hydrogen) atoms. The van der Waals surface area contributed by atoms with Gasteiger partial charge in [-0.25, -0.2) is 0 Å². The lowest BCUT2D eigenvalue weighted by molar-refractivity contribution is -0.118. The van der Waals surface area contributed by atoms with Gasteiger partial charge < -0.3 is 9.88 Å². The number of para-hydroxylation sites is 1. The average molecular weight is 452 g/mol. The number of nitrogens with one attached hydrogen (secondary N) is 1. The van der Waals surface area contributed by atoms with E-state index in [4.69, 9.17) is 11.6 Å². The van der Waals surface area contributed by atoms with Crippen molar-refractivity contribution in [3.63, 3.8) is 0 Å². The van der Waals surface area contributed by atoms with Crippen LogP contribution in [0.25, 0.3) is 5.69 Å². The van der Waals surface area contributed by atoms with Crippen LogP contribution in [-0.4, -0.2) is 31.0 Å². The maximum absolute atomic E-state index is 12.4. The van der Waals surface area contributed by atoms with Gasteiger partial charge in [-0.05, 0) is 35.9 Å². The topological polar surface area (TPSA) is 64.7 Å². The van der Waals surface area contributed by atoms with Crippen LogP contribution in [-0.2, 0) is 24.8 Å². The summed E-state index contributed by atoms with van der Waals surface area (Å²) in [6.45, 7) is 0.392. The Kier molecular flexibility index (Phi) is 6.74. The van der Waals surface area contributed by atoms with Crippen molar-refractivity contribution in [1.82, 2.24) is 24.6 Å². The first-order valence-electron chi connectivity index (χ1n) is 9.84. The number of carbonyl (C=O) groups excluding carboxylic acids is 1. The third kappa shape index (κ3) is 5.18. The summed E-state index contributed by atoms with van der Waals surface area (Å²) < 4.78 is 4.08. The molecule has 0 bridgehead atoms. The maximum atomic E-state index is 12.4. The summed E-state index contributed by atoms with van der Waals surface area (Å²) in [7, 11) is 2.01. The number of amides is 1. The largest absolute Gasteiger partial charge is 0.354 e. The van der Waals surface area contributed by atoms with Gasteiger partial charge in [0, 0.05) is 42.6 Å². The van der Waals surface area contributed by atoms with E-state index >= 15 is 0 Å². The van der Waals surface area contributed by atoms with Crippen LogP contribution in [0.3, 0.4) is 0 Å². The van der Waals surface area contributed by atoms with Crippen molar-refractivity contribution in [2.45, 2.75) is 18.1 Å². The monoisotopic (exact) mass is 451 g/mol. The number of carbonyl (C=O) groups is 1. The molecule has 0 aliphatic heterocycles. The molecule has 6 nitrogen and oxygen atoms in total. The highest BCUT2D eigenvalue weighted by molar-refractivity contribution is 7.99. The Morgan fingerprint density at radius 3 is 2.55 bits per heavy atom. The molecule has 0 aliphatic rings. The molecule has 1 amide bonds. The molecule has 0 radical (unpaired) electrons. The summed E-state index contributed by atoms with van der Waals surface area (Å²) >= 11 is 7.53. The van der Waals surface area contributed by atoms with Crippen LogP contribution in [0, 0.1) is 0 Å². The fourth-order valence-corrected chi connectivity index (χ4v) is 4.21. The molecule has 0 aliphatic carbocycles. The minimum absolute atomic E-state index is 0.0866. The molecular weight excluding hydrogens is 430 g/mol. The Morgan fingerprint density at radius 1 is 1.03 bits per heavy atom. The van der Waals surface area contributed by atoms with E-state index in [0.717, 1.165) is 22.8 Å². The second-order valence-electron chi connectivity index (χ2n) is 7.01. The van der Waals surface area contributed by atoms with Crippen molar-refractivity contribution in [3.05, 3.63) is 95.0 Å². The number of aryl methyl sites for hydroxylation is 1. The third-order valence-electron chi connectivity index (χ3n) is 4.87. The molecule has 158 valence electrons. The zero-order valence-electron chi connectivity index (χ0n) is 17.0. The van der Waals surface area contributed by atoms with Gasteiger partial charge in [0.05, 0.1) is 5.75 Å². The summed E-state index contributed by atoms with van der Waals surface area (Å²) in [5.74, 6) is 0.975. The van der Waals surface area contributed by atoms with Gasteiger partial charge in [-0.3, -0.25) is 9.36 Å². The van der Waals surface area contributed by atoms with E-state index in [1.807, 2.05) is 78.5 Å². The van der Waals surface area contributed by atoms with Gasteiger partial charge >= 0.3 is 0 Å². The first kappa shape index (κ1) is 21.2. The summed E-state index contributed by atoms with van der Waals surface area (Å²) in [5, 5.41) is 13.0. The van der Waals surface area contributed by atoms with Crippen molar-refractivity contribution >= 4 is 29.3 Å². The number of rotatable bonds is 8. The van der Waals surface area contributed by atoms with Crippen LogP contribution in [0.4, 0.5) is 0 Å². The first-order chi connectivity index (χ1) is 15.1. The zero-order valence-corrected chi connectivity index (χ0v) is 18.6. The lowest BCUT2D eigenvalue weighted by Gasteiger charge is -2.11. The summed E-state index contributed by atoms with van der Waals surface area (Å²) in [6.07, 6.45) is 2.65. The molecule has 2 heterocycles. The normalized spacial score (nSPS) is 10.9. The molecule has 4 aromatic rings. The zero-order chi connectivity index (χ0) is 21.6. The summed E-state index contributed by atoms with van der Waals surface area (Å²) in [6, 6.07) is 21.5. The van der Waals surface area contributed by atoms with Gasteiger partial charge in [-0.15, -0.1) is 10.2 Å². The molecule has 0 unspecified atom stereocenters. The van der Waals surface area contributed by atoms with Crippen LogP contribution in [0.5, 0.6) is 0 Å². The number of halogens is 1. The maximum Gasteiger partial charge on any atom is 0.230 e.